The van der Waals surface area contributed by atoms with Gasteiger partial charge in [0.1, 0.15) is 5.82 Å². The van der Waals surface area contributed by atoms with Gasteiger partial charge in [-0.2, -0.15) is 0 Å². The first kappa shape index (κ1) is 19.1. The Morgan fingerprint density at radius 2 is 1.93 bits per heavy atom. The van der Waals surface area contributed by atoms with Gasteiger partial charge in [0.15, 0.2) is 0 Å². The van der Waals surface area contributed by atoms with E-state index in [1.165, 1.54) is 24.3 Å². The van der Waals surface area contributed by atoms with Crippen molar-refractivity contribution in [3.63, 3.8) is 0 Å². The van der Waals surface area contributed by atoms with Crippen LogP contribution in [0.3, 0.4) is 0 Å². The summed E-state index contributed by atoms with van der Waals surface area (Å²) in [5, 5.41) is 0. The van der Waals surface area contributed by atoms with Crippen LogP contribution in [-0.4, -0.2) is 31.8 Å². The highest BCUT2D eigenvalue weighted by molar-refractivity contribution is 7.89. The number of nitrogens with one attached hydrogen (secondary N) is 1. The minimum absolute atomic E-state index is 0.000954. The second kappa shape index (κ2) is 6.97. The van der Waals surface area contributed by atoms with E-state index in [1.807, 2.05) is 6.92 Å². The third-order valence-electron chi connectivity index (χ3n) is 5.56. The molecular weight excluding hydrogens is 379 g/mol. The molecule has 1 fully saturated rings. The Kier molecular flexibility index (Phi) is 4.75. The van der Waals surface area contributed by atoms with E-state index < -0.39 is 10.0 Å². The number of sulfonamides is 1. The van der Waals surface area contributed by atoms with Crippen molar-refractivity contribution in [3.8, 4) is 0 Å². The van der Waals surface area contributed by atoms with Crippen LogP contribution in [0.15, 0.2) is 41.3 Å². The average molecular weight is 402 g/mol. The van der Waals surface area contributed by atoms with Crippen LogP contribution in [0.1, 0.15) is 52.9 Å². The SMILES string of the molecule is Cc1ccc(S(=O)(=O)NC2CC2)cc1C(=O)N1CCc2ccc(F)cc2C1C. The van der Waals surface area contributed by atoms with Gasteiger partial charge < -0.3 is 4.90 Å². The van der Waals surface area contributed by atoms with Crippen molar-refractivity contribution in [2.45, 2.75) is 50.1 Å². The first-order valence-electron chi connectivity index (χ1n) is 9.48. The molecule has 1 aliphatic heterocycles. The predicted octanol–water partition coefficient (Wildman–Crippen LogP) is 3.33. The van der Waals surface area contributed by atoms with Gasteiger partial charge in [-0.25, -0.2) is 17.5 Å². The van der Waals surface area contributed by atoms with Gasteiger partial charge in [-0.3, -0.25) is 4.79 Å². The van der Waals surface area contributed by atoms with Gasteiger partial charge in [0.05, 0.1) is 10.9 Å². The van der Waals surface area contributed by atoms with E-state index in [0.717, 1.165) is 24.0 Å². The zero-order valence-corrected chi connectivity index (χ0v) is 16.7. The molecule has 2 aromatic rings. The summed E-state index contributed by atoms with van der Waals surface area (Å²) < 4.78 is 41.4. The van der Waals surface area contributed by atoms with Gasteiger partial charge in [0, 0.05) is 18.2 Å². The van der Waals surface area contributed by atoms with Gasteiger partial charge in [-0.1, -0.05) is 12.1 Å². The van der Waals surface area contributed by atoms with Crippen LogP contribution in [0.25, 0.3) is 0 Å². The van der Waals surface area contributed by atoms with Crippen molar-refractivity contribution in [2.75, 3.05) is 6.54 Å². The highest BCUT2D eigenvalue weighted by Gasteiger charge is 2.31. The number of nitrogens with zero attached hydrogens (tertiary/aromatic N) is 1. The van der Waals surface area contributed by atoms with Crippen LogP contribution in [-0.2, 0) is 16.4 Å². The number of rotatable bonds is 4. The Morgan fingerprint density at radius 3 is 2.64 bits per heavy atom. The Hall–Kier alpha value is -2.25. The van der Waals surface area contributed by atoms with Gasteiger partial charge in [0.2, 0.25) is 10.0 Å². The first-order valence-corrected chi connectivity index (χ1v) is 11.0. The maximum absolute atomic E-state index is 13.7. The Balaban J connectivity index is 1.65. The summed E-state index contributed by atoms with van der Waals surface area (Å²) >= 11 is 0. The number of amides is 1. The number of halogens is 1. The smallest absolute Gasteiger partial charge is 0.254 e. The lowest BCUT2D eigenvalue weighted by molar-refractivity contribution is 0.0676. The quantitative estimate of drug-likeness (QED) is 0.853. The van der Waals surface area contributed by atoms with E-state index in [0.29, 0.717) is 24.1 Å². The number of benzene rings is 2. The van der Waals surface area contributed by atoms with Crippen LogP contribution in [0.2, 0.25) is 0 Å². The fourth-order valence-electron chi connectivity index (χ4n) is 3.70. The van der Waals surface area contributed by atoms with E-state index in [2.05, 4.69) is 4.72 Å². The lowest BCUT2D eigenvalue weighted by atomic mass is 9.92. The topological polar surface area (TPSA) is 66.5 Å². The molecule has 2 aliphatic rings. The monoisotopic (exact) mass is 402 g/mol. The zero-order valence-electron chi connectivity index (χ0n) is 15.9. The number of carbonyl (C=O) groups excluding carboxylic acids is 1. The number of hydrogen-bond acceptors (Lipinski definition) is 3. The number of hydrogen-bond donors (Lipinski definition) is 1. The van der Waals surface area contributed by atoms with E-state index in [9.17, 15) is 17.6 Å². The van der Waals surface area contributed by atoms with Crippen molar-refractivity contribution in [1.82, 2.24) is 9.62 Å². The molecule has 1 heterocycles. The standard InChI is InChI=1S/C21H23FN2O3S/c1-13-3-8-18(28(26,27)23-17-6-7-17)12-19(13)21(25)24-10-9-15-4-5-16(22)11-20(15)14(24)2/h3-5,8,11-12,14,17,23H,6-7,9-10H2,1-2H3. The summed E-state index contributed by atoms with van der Waals surface area (Å²) in [7, 11) is -3.64. The molecule has 1 amide bonds. The van der Waals surface area contributed by atoms with Crippen molar-refractivity contribution in [1.29, 1.82) is 0 Å². The molecule has 2 aromatic carbocycles. The van der Waals surface area contributed by atoms with Gasteiger partial charge in [0.25, 0.3) is 5.91 Å². The van der Waals surface area contributed by atoms with Gasteiger partial charge >= 0.3 is 0 Å². The molecule has 1 unspecified atom stereocenters. The largest absolute Gasteiger partial charge is 0.332 e. The number of fused-ring (bicyclic) bond motifs is 1. The van der Waals surface area contributed by atoms with Crippen molar-refractivity contribution < 1.29 is 17.6 Å². The maximum atomic E-state index is 13.7. The van der Waals surface area contributed by atoms with Crippen LogP contribution >= 0.6 is 0 Å². The molecule has 148 valence electrons. The van der Waals surface area contributed by atoms with Crippen LogP contribution in [0.4, 0.5) is 4.39 Å². The second-order valence-corrected chi connectivity index (χ2v) is 9.35. The molecule has 28 heavy (non-hydrogen) atoms. The molecule has 0 radical (unpaired) electrons. The highest BCUT2D eigenvalue weighted by Crippen LogP contribution is 2.32. The minimum atomic E-state index is -3.64. The van der Waals surface area contributed by atoms with E-state index >= 15 is 0 Å². The van der Waals surface area contributed by atoms with Crippen molar-refractivity contribution in [3.05, 3.63) is 64.5 Å². The normalized spacial score (nSPS) is 19.4. The average Bonchev–Trinajstić information content (AvgIpc) is 3.45. The van der Waals surface area contributed by atoms with Crippen molar-refractivity contribution in [2.24, 2.45) is 0 Å². The molecule has 7 heteroatoms. The summed E-state index contributed by atoms with van der Waals surface area (Å²) in [4.78, 5) is 15.0. The molecular formula is C21H23FN2O3S. The Morgan fingerprint density at radius 1 is 1.18 bits per heavy atom. The molecule has 5 nitrogen and oxygen atoms in total. The first-order chi connectivity index (χ1) is 13.3. The third-order valence-corrected chi connectivity index (χ3v) is 7.08. The third kappa shape index (κ3) is 3.56. The second-order valence-electron chi connectivity index (χ2n) is 7.64. The number of aryl methyl sites for hydroxylation is 1. The summed E-state index contributed by atoms with van der Waals surface area (Å²) in [6.45, 7) is 4.18. The number of carbonyl (C=O) groups is 1. The highest BCUT2D eigenvalue weighted by atomic mass is 32.2. The minimum Gasteiger partial charge on any atom is -0.332 e. The van der Waals surface area contributed by atoms with E-state index in [-0.39, 0.29) is 28.7 Å². The van der Waals surface area contributed by atoms with Crippen LogP contribution in [0, 0.1) is 12.7 Å². The van der Waals surface area contributed by atoms with Crippen molar-refractivity contribution >= 4 is 15.9 Å². The van der Waals surface area contributed by atoms with E-state index in [1.54, 1.807) is 24.0 Å². The van der Waals surface area contributed by atoms with E-state index in [4.69, 9.17) is 0 Å². The molecule has 1 saturated carbocycles. The summed E-state index contributed by atoms with van der Waals surface area (Å²) in [5.41, 5.74) is 2.93. The molecule has 0 bridgehead atoms. The van der Waals surface area contributed by atoms with Gasteiger partial charge in [-0.05, 0) is 74.1 Å². The fraction of sp³-hybridized carbons (Fsp3) is 0.381. The molecule has 1 atom stereocenters. The summed E-state index contributed by atoms with van der Waals surface area (Å²) in [5.74, 6) is -0.557. The maximum Gasteiger partial charge on any atom is 0.254 e. The molecule has 0 aromatic heterocycles. The molecule has 1 N–H and O–H groups in total. The summed E-state index contributed by atoms with van der Waals surface area (Å²) in [6.07, 6.45) is 2.34. The Labute approximate surface area is 164 Å². The van der Waals surface area contributed by atoms with Crippen LogP contribution < -0.4 is 4.72 Å². The molecule has 1 aliphatic carbocycles. The predicted molar refractivity (Wildman–Crippen MR) is 104 cm³/mol. The van der Waals surface area contributed by atoms with Gasteiger partial charge in [-0.15, -0.1) is 0 Å². The zero-order chi connectivity index (χ0) is 20.1. The van der Waals surface area contributed by atoms with Crippen LogP contribution in [0.5, 0.6) is 0 Å². The lowest BCUT2D eigenvalue weighted by Crippen LogP contribution is -2.39. The Bertz CT molecular complexity index is 1050. The molecule has 0 spiro atoms. The lowest BCUT2D eigenvalue weighted by Gasteiger charge is -2.35. The summed E-state index contributed by atoms with van der Waals surface area (Å²) in [6, 6.07) is 9.05. The molecule has 0 saturated heterocycles. The fourth-order valence-corrected chi connectivity index (χ4v) is 5.04. The molecule has 4 rings (SSSR count).